The van der Waals surface area contributed by atoms with E-state index >= 15 is 0 Å². The fourth-order valence-corrected chi connectivity index (χ4v) is 5.13. The molecule has 3 aromatic heterocycles. The number of fused-ring (bicyclic) bond motifs is 1. The van der Waals surface area contributed by atoms with E-state index in [-0.39, 0.29) is 16.2 Å². The van der Waals surface area contributed by atoms with Crippen molar-refractivity contribution < 1.29 is 0 Å². The van der Waals surface area contributed by atoms with Gasteiger partial charge in [0.1, 0.15) is 5.69 Å². The molecule has 0 spiro atoms. The summed E-state index contributed by atoms with van der Waals surface area (Å²) in [7, 11) is 0. The molecule has 0 N–H and O–H groups in total. The van der Waals surface area contributed by atoms with Crippen LogP contribution < -0.4 is 15.7 Å². The van der Waals surface area contributed by atoms with Crippen LogP contribution in [0.5, 0.6) is 0 Å². The normalized spacial score (nSPS) is 11.9. The molecule has 0 amide bonds. The minimum absolute atomic E-state index is 0.241. The largest absolute Gasteiger partial charge is 0.296 e. The summed E-state index contributed by atoms with van der Waals surface area (Å²) in [6.45, 7) is 4.04. The zero-order valence-electron chi connectivity index (χ0n) is 20.8. The SMILES string of the molecule is Cc1ccc(Cc2nn3c(=O)c(=Cc4cn(-c5ccccc5)nc4-c4ccc(C)cc4)sc3nc2=O)cc1. The number of aromatic nitrogens is 5. The van der Waals surface area contributed by atoms with Gasteiger partial charge in [0.05, 0.1) is 15.9 Å². The van der Waals surface area contributed by atoms with Crippen LogP contribution in [-0.2, 0) is 6.42 Å². The van der Waals surface area contributed by atoms with Crippen molar-refractivity contribution in [2.24, 2.45) is 0 Å². The van der Waals surface area contributed by atoms with E-state index in [1.54, 1.807) is 10.8 Å². The summed E-state index contributed by atoms with van der Waals surface area (Å²) in [5, 5.41) is 9.24. The Morgan fingerprint density at radius 1 is 0.842 bits per heavy atom. The van der Waals surface area contributed by atoms with Crippen molar-refractivity contribution >= 4 is 22.4 Å². The summed E-state index contributed by atoms with van der Waals surface area (Å²) in [6.07, 6.45) is 4.02. The number of thiazole rings is 1. The van der Waals surface area contributed by atoms with E-state index in [2.05, 4.69) is 10.1 Å². The maximum absolute atomic E-state index is 13.4. The Bertz CT molecular complexity index is 1940. The standard InChI is InChI=1S/C30H23N5O2S/c1-19-8-12-21(13-9-19)16-25-28(36)31-30-35(32-25)29(37)26(38-30)17-23-18-34(24-6-4-3-5-7-24)33-27(23)22-14-10-20(2)11-15-22/h3-15,17-18H,16H2,1-2H3. The van der Waals surface area contributed by atoms with Crippen LogP contribution in [0.3, 0.4) is 0 Å². The Morgan fingerprint density at radius 3 is 2.24 bits per heavy atom. The quantitative estimate of drug-likeness (QED) is 0.344. The molecule has 7 nitrogen and oxygen atoms in total. The number of para-hydroxylation sites is 1. The fourth-order valence-electron chi connectivity index (χ4n) is 4.23. The zero-order valence-corrected chi connectivity index (χ0v) is 21.6. The molecule has 0 fully saturated rings. The summed E-state index contributed by atoms with van der Waals surface area (Å²) in [6, 6.07) is 25.8. The third kappa shape index (κ3) is 4.57. The molecule has 0 unspecified atom stereocenters. The van der Waals surface area contributed by atoms with Crippen molar-refractivity contribution in [3.8, 4) is 16.9 Å². The van der Waals surface area contributed by atoms with Gasteiger partial charge in [0, 0.05) is 23.7 Å². The third-order valence-corrected chi connectivity index (χ3v) is 7.28. The number of benzene rings is 3. The first-order valence-corrected chi connectivity index (χ1v) is 13.0. The van der Waals surface area contributed by atoms with Gasteiger partial charge in [-0.1, -0.05) is 89.2 Å². The number of hydrogen-bond acceptors (Lipinski definition) is 6. The van der Waals surface area contributed by atoms with Gasteiger partial charge in [0.15, 0.2) is 0 Å². The molecule has 38 heavy (non-hydrogen) atoms. The lowest BCUT2D eigenvalue weighted by Crippen LogP contribution is -2.28. The highest BCUT2D eigenvalue weighted by Gasteiger charge is 2.15. The van der Waals surface area contributed by atoms with Crippen molar-refractivity contribution in [3.63, 3.8) is 0 Å². The molecular formula is C30H23N5O2S. The second kappa shape index (κ2) is 9.64. The molecular weight excluding hydrogens is 494 g/mol. The van der Waals surface area contributed by atoms with E-state index in [9.17, 15) is 9.59 Å². The van der Waals surface area contributed by atoms with Gasteiger partial charge in [-0.15, -0.1) is 0 Å². The molecule has 0 saturated carbocycles. The summed E-state index contributed by atoms with van der Waals surface area (Å²) < 4.78 is 3.46. The van der Waals surface area contributed by atoms with Crippen LogP contribution in [0.25, 0.3) is 28.0 Å². The summed E-state index contributed by atoms with van der Waals surface area (Å²) >= 11 is 1.15. The number of hydrogen-bond donors (Lipinski definition) is 0. The molecule has 0 bridgehead atoms. The van der Waals surface area contributed by atoms with E-state index in [4.69, 9.17) is 5.10 Å². The van der Waals surface area contributed by atoms with Crippen LogP contribution in [0.4, 0.5) is 0 Å². The second-order valence-corrected chi connectivity index (χ2v) is 10.2. The molecule has 0 aliphatic heterocycles. The number of rotatable bonds is 5. The first-order chi connectivity index (χ1) is 18.4. The molecule has 0 aliphatic rings. The first kappa shape index (κ1) is 23.7. The Hall–Kier alpha value is -4.69. The Labute approximate surface area is 222 Å². The second-order valence-electron chi connectivity index (χ2n) is 9.22. The molecule has 186 valence electrons. The lowest BCUT2D eigenvalue weighted by Gasteiger charge is -2.01. The van der Waals surface area contributed by atoms with Crippen LogP contribution in [0.1, 0.15) is 27.9 Å². The van der Waals surface area contributed by atoms with Gasteiger partial charge in [0.2, 0.25) is 4.96 Å². The number of nitrogens with zero attached hydrogens (tertiary/aromatic N) is 5. The maximum atomic E-state index is 13.4. The van der Waals surface area contributed by atoms with Gasteiger partial charge in [-0.2, -0.15) is 19.7 Å². The van der Waals surface area contributed by atoms with E-state index in [0.29, 0.717) is 11.0 Å². The third-order valence-electron chi connectivity index (χ3n) is 6.32. The van der Waals surface area contributed by atoms with Gasteiger partial charge in [-0.3, -0.25) is 9.59 Å². The van der Waals surface area contributed by atoms with E-state index in [1.165, 1.54) is 4.52 Å². The summed E-state index contributed by atoms with van der Waals surface area (Å²) in [4.78, 5) is 30.5. The Kier molecular flexibility index (Phi) is 6.01. The highest BCUT2D eigenvalue weighted by atomic mass is 32.1. The average molecular weight is 518 g/mol. The van der Waals surface area contributed by atoms with Crippen molar-refractivity contribution in [2.75, 3.05) is 0 Å². The van der Waals surface area contributed by atoms with Gasteiger partial charge in [0.25, 0.3) is 11.1 Å². The van der Waals surface area contributed by atoms with E-state index in [0.717, 1.165) is 50.5 Å². The molecule has 6 rings (SSSR count). The van der Waals surface area contributed by atoms with Crippen LogP contribution in [0.15, 0.2) is 94.6 Å². The van der Waals surface area contributed by atoms with Crippen LogP contribution in [-0.4, -0.2) is 24.4 Å². The van der Waals surface area contributed by atoms with Crippen molar-refractivity contribution in [1.82, 2.24) is 24.4 Å². The first-order valence-electron chi connectivity index (χ1n) is 12.2. The molecule has 0 saturated heterocycles. The molecule has 6 aromatic rings. The lowest BCUT2D eigenvalue weighted by molar-refractivity contribution is 0.811. The Morgan fingerprint density at radius 2 is 1.53 bits per heavy atom. The summed E-state index contributed by atoms with van der Waals surface area (Å²) in [5.41, 5.74) is 6.11. The average Bonchev–Trinajstić information content (AvgIpc) is 3.47. The highest BCUT2D eigenvalue weighted by molar-refractivity contribution is 7.15. The van der Waals surface area contributed by atoms with Crippen LogP contribution in [0, 0.1) is 13.8 Å². The van der Waals surface area contributed by atoms with Crippen molar-refractivity contribution in [3.05, 3.63) is 138 Å². The number of aryl methyl sites for hydroxylation is 2. The molecule has 3 heterocycles. The lowest BCUT2D eigenvalue weighted by atomic mass is 10.1. The minimum Gasteiger partial charge on any atom is -0.266 e. The van der Waals surface area contributed by atoms with Gasteiger partial charge >= 0.3 is 0 Å². The van der Waals surface area contributed by atoms with E-state index in [1.807, 2.05) is 98.9 Å². The molecule has 0 radical (unpaired) electrons. The Balaban J connectivity index is 1.48. The molecule has 0 atom stereocenters. The van der Waals surface area contributed by atoms with E-state index < -0.39 is 5.56 Å². The summed E-state index contributed by atoms with van der Waals surface area (Å²) in [5.74, 6) is 0. The van der Waals surface area contributed by atoms with Gasteiger partial charge < -0.3 is 0 Å². The minimum atomic E-state index is -0.421. The van der Waals surface area contributed by atoms with Crippen molar-refractivity contribution in [1.29, 1.82) is 0 Å². The molecule has 3 aromatic carbocycles. The fraction of sp³-hybridized carbons (Fsp3) is 0.100. The zero-order chi connectivity index (χ0) is 26.2. The van der Waals surface area contributed by atoms with Crippen molar-refractivity contribution in [2.45, 2.75) is 20.3 Å². The van der Waals surface area contributed by atoms with Crippen LogP contribution in [0.2, 0.25) is 0 Å². The topological polar surface area (TPSA) is 82.2 Å². The smallest absolute Gasteiger partial charge is 0.266 e. The van der Waals surface area contributed by atoms with Gasteiger partial charge in [-0.05, 0) is 37.6 Å². The highest BCUT2D eigenvalue weighted by Crippen LogP contribution is 2.25. The van der Waals surface area contributed by atoms with Crippen LogP contribution >= 0.6 is 11.3 Å². The van der Waals surface area contributed by atoms with Gasteiger partial charge in [-0.25, -0.2) is 4.68 Å². The predicted molar refractivity (Wildman–Crippen MR) is 150 cm³/mol. The monoisotopic (exact) mass is 517 g/mol. The predicted octanol–water partition coefficient (Wildman–Crippen LogP) is 4.12. The maximum Gasteiger partial charge on any atom is 0.296 e. The molecule has 8 heteroatoms. The molecule has 0 aliphatic carbocycles.